The third-order valence-corrected chi connectivity index (χ3v) is 4.82. The molecule has 1 aromatic rings. The predicted octanol–water partition coefficient (Wildman–Crippen LogP) is 0.485. The Hall–Kier alpha value is -1.25. The number of rotatable bonds is 3. The molecule has 1 atom stereocenters. The summed E-state index contributed by atoms with van der Waals surface area (Å²) in [5.74, 6) is -0.931. The number of amides is 2. The second-order valence-electron chi connectivity index (χ2n) is 4.12. The van der Waals surface area contributed by atoms with Gasteiger partial charge >= 0.3 is 0 Å². The van der Waals surface area contributed by atoms with Gasteiger partial charge in [-0.25, -0.2) is 8.42 Å². The molecular weight excluding hydrogens is 336 g/mol. The van der Waals surface area contributed by atoms with Crippen LogP contribution in [0.1, 0.15) is 6.42 Å². The number of hydrogen-bond acceptors (Lipinski definition) is 4. The van der Waals surface area contributed by atoms with Gasteiger partial charge in [0.2, 0.25) is 21.8 Å². The Morgan fingerprint density at radius 2 is 1.84 bits per heavy atom. The minimum atomic E-state index is -3.81. The van der Waals surface area contributed by atoms with Crippen LogP contribution in [0.2, 0.25) is 0 Å². The van der Waals surface area contributed by atoms with Crippen LogP contribution in [0.4, 0.5) is 0 Å². The minimum absolute atomic E-state index is 0.0468. The third kappa shape index (κ3) is 2.85. The van der Waals surface area contributed by atoms with E-state index in [2.05, 4.69) is 20.7 Å². The van der Waals surface area contributed by atoms with Gasteiger partial charge in [0.25, 0.3) is 0 Å². The molecule has 0 bridgehead atoms. The van der Waals surface area contributed by atoms with Crippen LogP contribution in [0.5, 0.6) is 0 Å². The van der Waals surface area contributed by atoms with Crippen molar-refractivity contribution >= 4 is 37.8 Å². The van der Waals surface area contributed by atoms with E-state index in [1.165, 1.54) is 19.2 Å². The third-order valence-electron chi connectivity index (χ3n) is 2.80. The molecule has 1 aliphatic rings. The van der Waals surface area contributed by atoms with Gasteiger partial charge < -0.3 is 0 Å². The van der Waals surface area contributed by atoms with Crippen molar-refractivity contribution in [3.05, 3.63) is 28.7 Å². The maximum absolute atomic E-state index is 12.0. The summed E-state index contributed by atoms with van der Waals surface area (Å²) < 4.78 is 27.1. The van der Waals surface area contributed by atoms with Gasteiger partial charge in [-0.15, -0.1) is 0 Å². The lowest BCUT2D eigenvalue weighted by Gasteiger charge is -2.11. The Bertz CT molecular complexity index is 627. The zero-order chi connectivity index (χ0) is 14.2. The van der Waals surface area contributed by atoms with E-state index in [1.807, 2.05) is 0 Å². The van der Waals surface area contributed by atoms with Gasteiger partial charge in [0.1, 0.15) is 6.04 Å². The molecule has 1 fully saturated rings. The highest BCUT2D eigenvalue weighted by atomic mass is 79.9. The van der Waals surface area contributed by atoms with E-state index in [4.69, 9.17) is 0 Å². The molecule has 2 amide bonds. The first-order valence-corrected chi connectivity index (χ1v) is 7.67. The topological polar surface area (TPSA) is 83.6 Å². The SMILES string of the molecule is CN1C(=O)CC(NS(=O)(=O)c2ccc(Br)cc2)C1=O. The van der Waals surface area contributed by atoms with E-state index in [-0.39, 0.29) is 11.3 Å². The Kier molecular flexibility index (Phi) is 3.75. The maximum Gasteiger partial charge on any atom is 0.247 e. The standard InChI is InChI=1S/C11H11BrN2O4S/c1-14-10(15)6-9(11(14)16)13-19(17,18)8-4-2-7(12)3-5-8/h2-5,9,13H,6H2,1H3. The molecule has 1 aliphatic heterocycles. The lowest BCUT2D eigenvalue weighted by molar-refractivity contribution is -0.137. The molecule has 1 saturated heterocycles. The second kappa shape index (κ2) is 5.03. The van der Waals surface area contributed by atoms with E-state index < -0.39 is 27.9 Å². The molecule has 1 heterocycles. The predicted molar refractivity (Wildman–Crippen MR) is 70.6 cm³/mol. The first-order valence-electron chi connectivity index (χ1n) is 5.39. The fraction of sp³-hybridized carbons (Fsp3) is 0.273. The average Bonchev–Trinajstić information content (AvgIpc) is 2.57. The number of benzene rings is 1. The van der Waals surface area contributed by atoms with Crippen LogP contribution in [0, 0.1) is 0 Å². The zero-order valence-electron chi connectivity index (χ0n) is 9.96. The van der Waals surface area contributed by atoms with Crippen molar-refractivity contribution in [1.82, 2.24) is 9.62 Å². The zero-order valence-corrected chi connectivity index (χ0v) is 12.4. The fourth-order valence-electron chi connectivity index (χ4n) is 1.72. The first kappa shape index (κ1) is 14.2. The minimum Gasteiger partial charge on any atom is -0.284 e. The molecular formula is C11H11BrN2O4S. The van der Waals surface area contributed by atoms with Gasteiger partial charge in [-0.2, -0.15) is 4.72 Å². The van der Waals surface area contributed by atoms with Crippen molar-refractivity contribution in [2.45, 2.75) is 17.4 Å². The van der Waals surface area contributed by atoms with Crippen LogP contribution in [-0.4, -0.2) is 38.2 Å². The highest BCUT2D eigenvalue weighted by Crippen LogP contribution is 2.17. The maximum atomic E-state index is 12.0. The lowest BCUT2D eigenvalue weighted by atomic mass is 10.3. The summed E-state index contributed by atoms with van der Waals surface area (Å²) in [5, 5.41) is 0. The smallest absolute Gasteiger partial charge is 0.247 e. The molecule has 8 heteroatoms. The molecule has 6 nitrogen and oxygen atoms in total. The van der Waals surface area contributed by atoms with E-state index in [0.29, 0.717) is 0 Å². The summed E-state index contributed by atoms with van der Waals surface area (Å²) >= 11 is 3.20. The number of nitrogens with zero attached hydrogens (tertiary/aromatic N) is 1. The van der Waals surface area contributed by atoms with E-state index >= 15 is 0 Å². The number of halogens is 1. The van der Waals surface area contributed by atoms with Crippen molar-refractivity contribution < 1.29 is 18.0 Å². The summed E-state index contributed by atoms with van der Waals surface area (Å²) in [4.78, 5) is 23.9. The van der Waals surface area contributed by atoms with Crippen LogP contribution in [0.15, 0.2) is 33.6 Å². The number of hydrogen-bond donors (Lipinski definition) is 1. The summed E-state index contributed by atoms with van der Waals surface area (Å²) in [5.41, 5.74) is 0. The van der Waals surface area contributed by atoms with Crippen molar-refractivity contribution in [1.29, 1.82) is 0 Å². The van der Waals surface area contributed by atoms with Gasteiger partial charge in [-0.1, -0.05) is 15.9 Å². The first-order chi connectivity index (χ1) is 8.81. The number of likely N-dealkylation sites (N-methyl/N-ethyl adjacent to an activating group) is 1. The molecule has 2 rings (SSSR count). The van der Waals surface area contributed by atoms with Crippen molar-refractivity contribution in [3.8, 4) is 0 Å². The molecule has 1 N–H and O–H groups in total. The molecule has 0 saturated carbocycles. The highest BCUT2D eigenvalue weighted by Gasteiger charge is 2.38. The van der Waals surface area contributed by atoms with Crippen molar-refractivity contribution in [2.24, 2.45) is 0 Å². The van der Waals surface area contributed by atoms with Crippen LogP contribution in [0.3, 0.4) is 0 Å². The molecule has 1 aromatic carbocycles. The molecule has 0 spiro atoms. The Morgan fingerprint density at radius 1 is 1.26 bits per heavy atom. The number of imide groups is 1. The van der Waals surface area contributed by atoms with Gasteiger partial charge in [-0.05, 0) is 24.3 Å². The van der Waals surface area contributed by atoms with Crippen LogP contribution in [0.25, 0.3) is 0 Å². The van der Waals surface area contributed by atoms with Gasteiger partial charge in [-0.3, -0.25) is 14.5 Å². The molecule has 102 valence electrons. The largest absolute Gasteiger partial charge is 0.284 e. The van der Waals surface area contributed by atoms with Crippen LogP contribution < -0.4 is 4.72 Å². The number of nitrogens with one attached hydrogen (secondary N) is 1. The summed E-state index contributed by atoms with van der Waals surface area (Å²) in [6, 6.07) is 4.98. The Labute approximate surface area is 119 Å². The Balaban J connectivity index is 2.21. The Morgan fingerprint density at radius 3 is 2.32 bits per heavy atom. The molecule has 0 aromatic heterocycles. The van der Waals surface area contributed by atoms with Crippen LogP contribution >= 0.6 is 15.9 Å². The number of sulfonamides is 1. The average molecular weight is 347 g/mol. The lowest BCUT2D eigenvalue weighted by Crippen LogP contribution is -2.40. The molecule has 0 aliphatic carbocycles. The summed E-state index contributed by atoms with van der Waals surface area (Å²) in [7, 11) is -2.48. The van der Waals surface area contributed by atoms with E-state index in [9.17, 15) is 18.0 Å². The van der Waals surface area contributed by atoms with Crippen LogP contribution in [-0.2, 0) is 19.6 Å². The number of likely N-dealkylation sites (tertiary alicyclic amines) is 1. The highest BCUT2D eigenvalue weighted by molar-refractivity contribution is 9.10. The van der Waals surface area contributed by atoms with E-state index in [1.54, 1.807) is 12.1 Å². The normalized spacial score (nSPS) is 20.1. The quantitative estimate of drug-likeness (QED) is 0.807. The summed E-state index contributed by atoms with van der Waals surface area (Å²) in [6.45, 7) is 0. The van der Waals surface area contributed by atoms with Gasteiger partial charge in [0.05, 0.1) is 11.3 Å². The van der Waals surface area contributed by atoms with Gasteiger partial charge in [0.15, 0.2) is 0 Å². The molecule has 0 radical (unpaired) electrons. The monoisotopic (exact) mass is 346 g/mol. The van der Waals surface area contributed by atoms with Gasteiger partial charge in [0, 0.05) is 11.5 Å². The fourth-order valence-corrected chi connectivity index (χ4v) is 3.17. The van der Waals surface area contributed by atoms with Crippen molar-refractivity contribution in [3.63, 3.8) is 0 Å². The number of carbonyl (C=O) groups is 2. The molecule has 1 unspecified atom stereocenters. The second-order valence-corrected chi connectivity index (χ2v) is 6.75. The van der Waals surface area contributed by atoms with Crippen molar-refractivity contribution in [2.75, 3.05) is 7.05 Å². The summed E-state index contributed by atoms with van der Waals surface area (Å²) in [6.07, 6.45) is -0.148. The number of carbonyl (C=O) groups excluding carboxylic acids is 2. The van der Waals surface area contributed by atoms with E-state index in [0.717, 1.165) is 9.37 Å². The molecule has 19 heavy (non-hydrogen) atoms.